The first-order chi connectivity index (χ1) is 14.0. The summed E-state index contributed by atoms with van der Waals surface area (Å²) in [5.41, 5.74) is 16.4. The third kappa shape index (κ3) is 5.48. The van der Waals surface area contributed by atoms with E-state index in [1.54, 1.807) is 16.7 Å². The van der Waals surface area contributed by atoms with Crippen LogP contribution in [0.15, 0.2) is 42.5 Å². The van der Waals surface area contributed by atoms with E-state index < -0.39 is 0 Å². The molecule has 0 amide bonds. The minimum Gasteiger partial charge on any atom is -0.358 e. The fourth-order valence-corrected chi connectivity index (χ4v) is 4.89. The number of hydrogen-bond donors (Lipinski definition) is 0. The predicted molar refractivity (Wildman–Crippen MR) is 138 cm³/mol. The molecule has 5 rings (SSSR count). The average molecular weight is 589 g/mol. The SMILES string of the molecule is Cc1c(C)c(C)[c-](C)c1C.[C-]1=C(Cc2ccccc2)c2c(ccc3c2CCC3)C1.[CH3-].[CH3-].[Hf+4]. The molecule has 0 spiro atoms. The topological polar surface area (TPSA) is 0 Å². The van der Waals surface area contributed by atoms with Crippen LogP contribution in [0.3, 0.4) is 0 Å². The van der Waals surface area contributed by atoms with Crippen LogP contribution in [0.1, 0.15) is 62.1 Å². The van der Waals surface area contributed by atoms with E-state index >= 15 is 0 Å². The van der Waals surface area contributed by atoms with Crippen LogP contribution in [-0.2, 0) is 51.5 Å². The van der Waals surface area contributed by atoms with E-state index in [0.717, 1.165) is 12.8 Å². The smallest absolute Gasteiger partial charge is 0.358 e. The molecule has 1 heteroatoms. The van der Waals surface area contributed by atoms with Gasteiger partial charge in [0, 0.05) is 0 Å². The van der Waals surface area contributed by atoms with Gasteiger partial charge < -0.3 is 14.9 Å². The van der Waals surface area contributed by atoms with Crippen molar-refractivity contribution in [3.8, 4) is 0 Å². The molecule has 166 valence electrons. The van der Waals surface area contributed by atoms with Crippen LogP contribution < -0.4 is 0 Å². The standard InChI is InChI=1S/C19H17.C10H15.2CH3.Hf/c1-2-5-14(6-3-1)13-17-12-11-16-10-9-15-7-4-8-18(15)19(16)17;1-6-7(2)9(4)10(5)8(6)3;;;/h1-3,5-6,9-10H,4,7-8,11,13H2;1-5H3;2*1H3;/q4*-1;+4. The molecule has 0 radical (unpaired) electrons. The van der Waals surface area contributed by atoms with Gasteiger partial charge in [-0.2, -0.15) is 33.4 Å². The van der Waals surface area contributed by atoms with Crippen LogP contribution in [0.25, 0.3) is 5.57 Å². The molecule has 3 aromatic rings. The normalized spacial score (nSPS) is 12.8. The van der Waals surface area contributed by atoms with Crippen LogP contribution >= 0.6 is 0 Å². The van der Waals surface area contributed by atoms with E-state index in [1.807, 2.05) is 0 Å². The van der Waals surface area contributed by atoms with E-state index in [1.165, 1.54) is 63.8 Å². The summed E-state index contributed by atoms with van der Waals surface area (Å²) in [5.74, 6) is 0. The van der Waals surface area contributed by atoms with Crippen LogP contribution in [0.4, 0.5) is 0 Å². The zero-order chi connectivity index (χ0) is 20.5. The van der Waals surface area contributed by atoms with Crippen molar-refractivity contribution in [1.29, 1.82) is 0 Å². The maximum Gasteiger partial charge on any atom is 4.00 e. The summed E-state index contributed by atoms with van der Waals surface area (Å²) in [5, 5.41) is 0. The van der Waals surface area contributed by atoms with Crippen LogP contribution in [0.5, 0.6) is 0 Å². The van der Waals surface area contributed by atoms with E-state index in [4.69, 9.17) is 0 Å². The molecule has 0 atom stereocenters. The van der Waals surface area contributed by atoms with Crippen LogP contribution in [-0.4, -0.2) is 0 Å². The quantitative estimate of drug-likeness (QED) is 0.210. The molecule has 3 aromatic carbocycles. The maximum atomic E-state index is 3.62. The molecule has 0 saturated heterocycles. The summed E-state index contributed by atoms with van der Waals surface area (Å²) < 4.78 is 0. The minimum absolute atomic E-state index is 0. The Morgan fingerprint density at radius 1 is 0.812 bits per heavy atom. The Labute approximate surface area is 216 Å². The van der Waals surface area contributed by atoms with Gasteiger partial charge in [-0.3, -0.25) is 6.08 Å². The summed E-state index contributed by atoms with van der Waals surface area (Å²) >= 11 is 0. The third-order valence-electron chi connectivity index (χ3n) is 7.20. The fourth-order valence-electron chi connectivity index (χ4n) is 4.89. The Morgan fingerprint density at radius 2 is 1.41 bits per heavy atom. The molecule has 0 aromatic heterocycles. The van der Waals surface area contributed by atoms with E-state index in [2.05, 4.69) is 83.2 Å². The Balaban J connectivity index is 0.000000343. The number of aryl methyl sites for hydroxylation is 1. The van der Waals surface area contributed by atoms with Gasteiger partial charge in [0.05, 0.1) is 0 Å². The van der Waals surface area contributed by atoms with Crippen molar-refractivity contribution in [3.05, 3.63) is 119 Å². The Hall–Kier alpha value is -1.60. The molecule has 32 heavy (non-hydrogen) atoms. The molecular weight excluding hydrogens is 551 g/mol. The summed E-state index contributed by atoms with van der Waals surface area (Å²) in [6, 6.07) is 15.4. The summed E-state index contributed by atoms with van der Waals surface area (Å²) in [4.78, 5) is 0. The number of rotatable bonds is 2. The van der Waals surface area contributed by atoms with Crippen molar-refractivity contribution in [2.24, 2.45) is 0 Å². The van der Waals surface area contributed by atoms with Crippen LogP contribution in [0.2, 0.25) is 0 Å². The van der Waals surface area contributed by atoms with E-state index in [-0.39, 0.29) is 40.7 Å². The summed E-state index contributed by atoms with van der Waals surface area (Å²) in [7, 11) is 0. The number of benzene rings is 2. The van der Waals surface area contributed by atoms with Crippen LogP contribution in [0, 0.1) is 55.5 Å². The molecule has 2 aliphatic rings. The first kappa shape index (κ1) is 28.4. The van der Waals surface area contributed by atoms with Crippen molar-refractivity contribution in [2.75, 3.05) is 0 Å². The van der Waals surface area contributed by atoms with Gasteiger partial charge in [0.25, 0.3) is 0 Å². The van der Waals surface area contributed by atoms with Gasteiger partial charge in [-0.15, -0.1) is 17.5 Å². The number of hydrogen-bond acceptors (Lipinski definition) is 0. The minimum atomic E-state index is 0. The van der Waals surface area contributed by atoms with Crippen molar-refractivity contribution >= 4 is 5.57 Å². The zero-order valence-corrected chi connectivity index (χ0v) is 24.7. The van der Waals surface area contributed by atoms with Gasteiger partial charge in [-0.05, 0) is 31.2 Å². The molecule has 0 nitrogen and oxygen atoms in total. The van der Waals surface area contributed by atoms with Crippen molar-refractivity contribution in [3.63, 3.8) is 0 Å². The van der Waals surface area contributed by atoms with Crippen molar-refractivity contribution in [2.45, 2.75) is 66.7 Å². The van der Waals surface area contributed by atoms with Gasteiger partial charge in [0.2, 0.25) is 0 Å². The van der Waals surface area contributed by atoms with E-state index in [9.17, 15) is 0 Å². The first-order valence-electron chi connectivity index (χ1n) is 10.9. The second-order valence-corrected chi connectivity index (χ2v) is 8.71. The predicted octanol–water partition coefficient (Wildman–Crippen LogP) is 8.01. The Bertz CT molecular complexity index is 984. The molecular formula is C31H38Hf. The molecule has 0 aliphatic heterocycles. The van der Waals surface area contributed by atoms with Gasteiger partial charge in [-0.1, -0.05) is 82.6 Å². The molecule has 0 N–H and O–H groups in total. The van der Waals surface area contributed by atoms with Gasteiger partial charge >= 0.3 is 25.8 Å². The van der Waals surface area contributed by atoms with Gasteiger partial charge in [0.1, 0.15) is 0 Å². The van der Waals surface area contributed by atoms with Crippen molar-refractivity contribution in [1.82, 2.24) is 0 Å². The second kappa shape index (κ2) is 12.0. The molecule has 2 aliphatic carbocycles. The monoisotopic (exact) mass is 590 g/mol. The van der Waals surface area contributed by atoms with E-state index in [0.29, 0.717) is 0 Å². The van der Waals surface area contributed by atoms with Crippen molar-refractivity contribution < 1.29 is 25.8 Å². The number of allylic oxidation sites excluding steroid dienone is 2. The molecule has 0 unspecified atom stereocenters. The van der Waals surface area contributed by atoms with Gasteiger partial charge in [0.15, 0.2) is 0 Å². The molecule has 0 saturated carbocycles. The fraction of sp³-hybridized carbons (Fsp3) is 0.323. The summed E-state index contributed by atoms with van der Waals surface area (Å²) in [6.07, 6.45) is 9.50. The summed E-state index contributed by atoms with van der Waals surface area (Å²) in [6.45, 7) is 11.0. The average Bonchev–Trinajstić information content (AvgIpc) is 3.42. The number of fused-ring (bicyclic) bond motifs is 3. The Kier molecular flexibility index (Phi) is 10.7. The largest absolute Gasteiger partial charge is 4.00 e. The first-order valence-corrected chi connectivity index (χ1v) is 10.9. The Morgan fingerprint density at radius 3 is 1.97 bits per heavy atom. The van der Waals surface area contributed by atoms with Gasteiger partial charge in [-0.25, -0.2) is 5.57 Å². The zero-order valence-electron chi connectivity index (χ0n) is 21.1. The molecule has 0 bridgehead atoms. The molecule has 0 heterocycles. The molecule has 0 fully saturated rings. The second-order valence-electron chi connectivity index (χ2n) is 8.71. The third-order valence-corrected chi connectivity index (χ3v) is 7.20. The maximum absolute atomic E-state index is 3.62.